The van der Waals surface area contributed by atoms with Crippen LogP contribution >= 0.6 is 0 Å². The standard InChI is InChI=1S/2C8H9NO2.Na.H/c2*10-8(11)6-9-7-4-2-1-3-5-7;;/h2*1-5,9H,6H2,(H,10,11);;/q;;+1;-1. The van der Waals surface area contributed by atoms with E-state index in [0.717, 1.165) is 11.4 Å². The van der Waals surface area contributed by atoms with E-state index in [1.54, 1.807) is 0 Å². The molecule has 0 aliphatic carbocycles. The van der Waals surface area contributed by atoms with Crippen molar-refractivity contribution in [3.05, 3.63) is 60.7 Å². The van der Waals surface area contributed by atoms with Gasteiger partial charge in [-0.25, -0.2) is 0 Å². The third kappa shape index (κ3) is 11.2. The van der Waals surface area contributed by atoms with Gasteiger partial charge in [0.2, 0.25) is 0 Å². The van der Waals surface area contributed by atoms with Gasteiger partial charge in [0, 0.05) is 11.4 Å². The van der Waals surface area contributed by atoms with Crippen LogP contribution in [0, 0.1) is 0 Å². The fraction of sp³-hybridized carbons (Fsp3) is 0.125. The van der Waals surface area contributed by atoms with Gasteiger partial charge in [-0.15, -0.1) is 0 Å². The van der Waals surface area contributed by atoms with E-state index in [2.05, 4.69) is 10.6 Å². The maximum absolute atomic E-state index is 10.1. The molecule has 0 amide bonds. The predicted octanol–water partition coefficient (Wildman–Crippen LogP) is -0.517. The van der Waals surface area contributed by atoms with Crippen LogP contribution in [0.25, 0.3) is 0 Å². The fourth-order valence-electron chi connectivity index (χ4n) is 1.47. The molecule has 0 saturated carbocycles. The number of carboxylic acid groups (broad SMARTS) is 2. The molecular formula is C16H19N2NaO4. The Morgan fingerprint density at radius 2 is 1.04 bits per heavy atom. The summed E-state index contributed by atoms with van der Waals surface area (Å²) in [5.41, 5.74) is 1.66. The number of para-hydroxylation sites is 2. The van der Waals surface area contributed by atoms with Gasteiger partial charge in [0.25, 0.3) is 0 Å². The number of rotatable bonds is 6. The van der Waals surface area contributed by atoms with E-state index in [1.165, 1.54) is 0 Å². The summed E-state index contributed by atoms with van der Waals surface area (Å²) in [7, 11) is 0. The molecule has 2 rings (SSSR count). The van der Waals surface area contributed by atoms with Crippen LogP contribution in [0.15, 0.2) is 60.7 Å². The molecule has 0 aliphatic heterocycles. The van der Waals surface area contributed by atoms with E-state index in [4.69, 9.17) is 10.2 Å². The molecule has 2 aromatic carbocycles. The van der Waals surface area contributed by atoms with E-state index in [0.29, 0.717) is 0 Å². The number of nitrogens with one attached hydrogen (secondary N) is 2. The van der Waals surface area contributed by atoms with Gasteiger partial charge in [-0.2, -0.15) is 0 Å². The van der Waals surface area contributed by atoms with Crippen molar-refractivity contribution >= 4 is 23.3 Å². The summed E-state index contributed by atoms with van der Waals surface area (Å²) in [6.45, 7) is -0.0754. The summed E-state index contributed by atoms with van der Waals surface area (Å²) in [4.78, 5) is 20.2. The zero-order valence-electron chi connectivity index (χ0n) is 13.9. The second-order valence-corrected chi connectivity index (χ2v) is 4.23. The van der Waals surface area contributed by atoms with E-state index in [-0.39, 0.29) is 44.1 Å². The molecule has 7 heteroatoms. The Bertz CT molecular complexity index is 532. The van der Waals surface area contributed by atoms with Gasteiger partial charge < -0.3 is 22.3 Å². The quantitative estimate of drug-likeness (QED) is 0.534. The Morgan fingerprint density at radius 3 is 1.30 bits per heavy atom. The van der Waals surface area contributed by atoms with Crippen molar-refractivity contribution < 1.29 is 50.8 Å². The van der Waals surface area contributed by atoms with Crippen molar-refractivity contribution in [3.8, 4) is 0 Å². The van der Waals surface area contributed by atoms with Gasteiger partial charge in [0.1, 0.15) is 13.1 Å². The Balaban J connectivity index is 0. The molecule has 0 heterocycles. The van der Waals surface area contributed by atoms with Gasteiger partial charge in [-0.1, -0.05) is 36.4 Å². The van der Waals surface area contributed by atoms with Crippen LogP contribution in [0.2, 0.25) is 0 Å². The molecule has 0 radical (unpaired) electrons. The molecule has 23 heavy (non-hydrogen) atoms. The van der Waals surface area contributed by atoms with Crippen molar-refractivity contribution in [1.29, 1.82) is 0 Å². The molecule has 0 unspecified atom stereocenters. The Hall–Kier alpha value is -2.02. The fourth-order valence-corrected chi connectivity index (χ4v) is 1.47. The minimum atomic E-state index is -0.853. The van der Waals surface area contributed by atoms with Crippen LogP contribution in [0.5, 0.6) is 0 Å². The van der Waals surface area contributed by atoms with Gasteiger partial charge in [-0.3, -0.25) is 9.59 Å². The Labute approximate surface area is 158 Å². The first-order chi connectivity index (χ1) is 10.6. The van der Waals surface area contributed by atoms with Crippen molar-refractivity contribution in [3.63, 3.8) is 0 Å². The summed E-state index contributed by atoms with van der Waals surface area (Å²) in [5.74, 6) is -1.71. The molecule has 2 aromatic rings. The minimum absolute atomic E-state index is 0. The third-order valence-corrected chi connectivity index (χ3v) is 2.44. The molecule has 0 aromatic heterocycles. The Morgan fingerprint density at radius 1 is 0.739 bits per heavy atom. The largest absolute Gasteiger partial charge is 1.00 e. The Kier molecular flexibility index (Phi) is 11.4. The second-order valence-electron chi connectivity index (χ2n) is 4.23. The van der Waals surface area contributed by atoms with Crippen molar-refractivity contribution in [2.24, 2.45) is 0 Å². The number of hydrogen-bond donors (Lipinski definition) is 4. The van der Waals surface area contributed by atoms with E-state index < -0.39 is 11.9 Å². The summed E-state index contributed by atoms with van der Waals surface area (Å²) >= 11 is 0. The van der Waals surface area contributed by atoms with Crippen LogP contribution in [0.1, 0.15) is 1.43 Å². The number of aliphatic carboxylic acids is 2. The van der Waals surface area contributed by atoms with Gasteiger partial charge >= 0.3 is 41.5 Å². The molecule has 6 nitrogen and oxygen atoms in total. The van der Waals surface area contributed by atoms with Crippen molar-refractivity contribution in [2.75, 3.05) is 23.7 Å². The van der Waals surface area contributed by atoms with E-state index in [9.17, 15) is 9.59 Å². The maximum atomic E-state index is 10.1. The smallest absolute Gasteiger partial charge is 1.00 e. The van der Waals surface area contributed by atoms with Crippen molar-refractivity contribution in [2.45, 2.75) is 0 Å². The molecule has 118 valence electrons. The van der Waals surface area contributed by atoms with Crippen LogP contribution in [-0.4, -0.2) is 35.2 Å². The average molecular weight is 326 g/mol. The zero-order chi connectivity index (χ0) is 16.2. The molecule has 4 N–H and O–H groups in total. The van der Waals surface area contributed by atoms with E-state index >= 15 is 0 Å². The molecule has 0 saturated heterocycles. The molecule has 0 atom stereocenters. The minimum Gasteiger partial charge on any atom is -1.00 e. The molecular weight excluding hydrogens is 307 g/mol. The molecule has 0 bridgehead atoms. The monoisotopic (exact) mass is 326 g/mol. The SMILES string of the molecule is O=C(O)CNc1ccccc1.O=C(O)CNc1ccccc1.[H-].[Na+]. The summed E-state index contributed by atoms with van der Waals surface area (Å²) in [6, 6.07) is 18.5. The van der Waals surface area contributed by atoms with Gasteiger partial charge in [0.05, 0.1) is 0 Å². The van der Waals surface area contributed by atoms with Crippen LogP contribution in [-0.2, 0) is 9.59 Å². The molecule has 0 fully saturated rings. The predicted molar refractivity (Wildman–Crippen MR) is 86.2 cm³/mol. The normalized spacial score (nSPS) is 8.70. The van der Waals surface area contributed by atoms with Crippen LogP contribution in [0.3, 0.4) is 0 Å². The number of anilines is 2. The average Bonchev–Trinajstić information content (AvgIpc) is 2.53. The van der Waals surface area contributed by atoms with Crippen LogP contribution in [0.4, 0.5) is 11.4 Å². The number of carbonyl (C=O) groups is 2. The first-order valence-corrected chi connectivity index (χ1v) is 6.59. The maximum Gasteiger partial charge on any atom is 1.00 e. The summed E-state index contributed by atoms with van der Waals surface area (Å²) in [6.07, 6.45) is 0. The van der Waals surface area contributed by atoms with E-state index in [1.807, 2.05) is 60.7 Å². The number of benzene rings is 2. The first-order valence-electron chi connectivity index (χ1n) is 6.59. The molecule has 0 aliphatic rings. The summed E-state index contributed by atoms with van der Waals surface area (Å²) in [5, 5.41) is 22.1. The van der Waals surface area contributed by atoms with Gasteiger partial charge in [-0.05, 0) is 24.3 Å². The summed E-state index contributed by atoms with van der Waals surface area (Å²) < 4.78 is 0. The molecule has 0 spiro atoms. The second kappa shape index (κ2) is 12.5. The van der Waals surface area contributed by atoms with Crippen LogP contribution < -0.4 is 40.2 Å². The zero-order valence-corrected chi connectivity index (χ0v) is 14.9. The van der Waals surface area contributed by atoms with Crippen molar-refractivity contribution in [1.82, 2.24) is 0 Å². The van der Waals surface area contributed by atoms with Gasteiger partial charge in [0.15, 0.2) is 0 Å². The topological polar surface area (TPSA) is 98.7 Å². The first kappa shape index (κ1) is 21.0. The third-order valence-electron chi connectivity index (χ3n) is 2.44. The number of carboxylic acids is 2. The number of hydrogen-bond acceptors (Lipinski definition) is 4.